The lowest BCUT2D eigenvalue weighted by Crippen LogP contribution is -2.35. The predicted octanol–water partition coefficient (Wildman–Crippen LogP) is 1.69. The Labute approximate surface area is 104 Å². The molecule has 17 heavy (non-hydrogen) atoms. The number of aromatic nitrogens is 4. The Morgan fingerprint density at radius 2 is 2.35 bits per heavy atom. The first-order valence-electron chi connectivity index (χ1n) is 5.82. The van der Waals surface area contributed by atoms with Gasteiger partial charge in [0.1, 0.15) is 6.33 Å². The second kappa shape index (κ2) is 4.19. The summed E-state index contributed by atoms with van der Waals surface area (Å²) in [6.45, 7) is 6.59. The second-order valence-corrected chi connectivity index (χ2v) is 5.62. The van der Waals surface area contributed by atoms with Crippen molar-refractivity contribution in [1.82, 2.24) is 25.1 Å². The summed E-state index contributed by atoms with van der Waals surface area (Å²) in [6, 6.07) is 0.596. The lowest BCUT2D eigenvalue weighted by molar-refractivity contribution is 0.205. The molecule has 0 unspecified atom stereocenters. The molecular formula is C11H15N5S. The number of nitrogens with zero attached hydrogens (tertiary/aromatic N) is 4. The molecule has 6 heteroatoms. The largest absolute Gasteiger partial charge is 0.295 e. The van der Waals surface area contributed by atoms with Gasteiger partial charge in [-0.2, -0.15) is 5.10 Å². The molecule has 1 aliphatic heterocycles. The molecule has 0 spiro atoms. The average Bonchev–Trinajstić information content (AvgIpc) is 2.96. The van der Waals surface area contributed by atoms with Crippen LogP contribution in [0, 0.1) is 0 Å². The lowest BCUT2D eigenvalue weighted by atomic mass is 10.1. The van der Waals surface area contributed by atoms with E-state index < -0.39 is 0 Å². The van der Waals surface area contributed by atoms with Gasteiger partial charge in [0.05, 0.1) is 5.69 Å². The highest BCUT2D eigenvalue weighted by molar-refractivity contribution is 7.15. The van der Waals surface area contributed by atoms with Crippen LogP contribution in [0.5, 0.6) is 0 Å². The molecule has 0 saturated heterocycles. The van der Waals surface area contributed by atoms with E-state index >= 15 is 0 Å². The maximum atomic E-state index is 4.65. The standard InChI is InChI=1S/C11H15N5S/c1-7(2)16-4-3-8-9(5-16)17-11(14-8)10-12-6-13-15-10/h6-7H,3-5H2,1-2H3,(H,12,13,15). The molecule has 0 radical (unpaired) electrons. The van der Waals surface area contributed by atoms with Gasteiger partial charge in [-0.15, -0.1) is 11.3 Å². The van der Waals surface area contributed by atoms with E-state index in [0.29, 0.717) is 6.04 Å². The quantitative estimate of drug-likeness (QED) is 0.880. The molecule has 2 aromatic heterocycles. The average molecular weight is 249 g/mol. The number of fused-ring (bicyclic) bond motifs is 1. The van der Waals surface area contributed by atoms with Crippen molar-refractivity contribution >= 4 is 11.3 Å². The zero-order valence-electron chi connectivity index (χ0n) is 9.97. The van der Waals surface area contributed by atoms with E-state index in [1.807, 2.05) is 0 Å². The molecule has 0 bridgehead atoms. The fraction of sp³-hybridized carbons (Fsp3) is 0.545. The number of aromatic amines is 1. The minimum absolute atomic E-state index is 0.596. The highest BCUT2D eigenvalue weighted by Crippen LogP contribution is 2.30. The summed E-state index contributed by atoms with van der Waals surface area (Å²) in [5.41, 5.74) is 1.23. The lowest BCUT2D eigenvalue weighted by Gasteiger charge is -2.29. The topological polar surface area (TPSA) is 57.7 Å². The third-order valence-electron chi connectivity index (χ3n) is 3.11. The smallest absolute Gasteiger partial charge is 0.184 e. The van der Waals surface area contributed by atoms with E-state index in [1.54, 1.807) is 11.3 Å². The first-order chi connectivity index (χ1) is 8.24. The molecular weight excluding hydrogens is 234 g/mol. The van der Waals surface area contributed by atoms with Crippen molar-refractivity contribution in [2.24, 2.45) is 0 Å². The van der Waals surface area contributed by atoms with Gasteiger partial charge in [-0.1, -0.05) is 0 Å². The second-order valence-electron chi connectivity index (χ2n) is 4.54. The summed E-state index contributed by atoms with van der Waals surface area (Å²) in [7, 11) is 0. The van der Waals surface area contributed by atoms with Crippen LogP contribution >= 0.6 is 11.3 Å². The first kappa shape index (κ1) is 10.9. The van der Waals surface area contributed by atoms with Gasteiger partial charge in [0.15, 0.2) is 10.8 Å². The number of H-pyrrole nitrogens is 1. The van der Waals surface area contributed by atoms with Crippen molar-refractivity contribution in [3.8, 4) is 10.8 Å². The Kier molecular flexibility index (Phi) is 2.68. The zero-order chi connectivity index (χ0) is 11.8. The van der Waals surface area contributed by atoms with Crippen molar-refractivity contribution in [1.29, 1.82) is 0 Å². The van der Waals surface area contributed by atoms with E-state index in [-0.39, 0.29) is 0 Å². The van der Waals surface area contributed by atoms with E-state index in [9.17, 15) is 0 Å². The highest BCUT2D eigenvalue weighted by atomic mass is 32.1. The molecule has 0 atom stereocenters. The van der Waals surface area contributed by atoms with E-state index in [1.165, 1.54) is 16.9 Å². The Bertz CT molecular complexity index is 502. The monoisotopic (exact) mass is 249 g/mol. The first-order valence-corrected chi connectivity index (χ1v) is 6.64. The molecule has 5 nitrogen and oxygen atoms in total. The number of hydrogen-bond donors (Lipinski definition) is 1. The fourth-order valence-electron chi connectivity index (χ4n) is 2.07. The van der Waals surface area contributed by atoms with Crippen LogP contribution in [0.4, 0.5) is 0 Å². The Hall–Kier alpha value is -1.27. The molecule has 3 heterocycles. The molecule has 90 valence electrons. The molecule has 0 aromatic carbocycles. The van der Waals surface area contributed by atoms with Gasteiger partial charge in [0.25, 0.3) is 0 Å². The minimum atomic E-state index is 0.596. The van der Waals surface area contributed by atoms with Crippen LogP contribution in [0.1, 0.15) is 24.4 Å². The third-order valence-corrected chi connectivity index (χ3v) is 4.20. The van der Waals surface area contributed by atoms with E-state index in [0.717, 1.165) is 30.3 Å². The number of thiazole rings is 1. The normalized spacial score (nSPS) is 16.4. The number of rotatable bonds is 2. The zero-order valence-corrected chi connectivity index (χ0v) is 10.8. The number of nitrogens with one attached hydrogen (secondary N) is 1. The van der Waals surface area contributed by atoms with Crippen molar-refractivity contribution in [3.63, 3.8) is 0 Å². The molecule has 1 N–H and O–H groups in total. The van der Waals surface area contributed by atoms with Gasteiger partial charge in [-0.25, -0.2) is 9.97 Å². The third kappa shape index (κ3) is 1.98. The maximum absolute atomic E-state index is 4.65. The van der Waals surface area contributed by atoms with Crippen LogP contribution in [0.25, 0.3) is 10.8 Å². The Morgan fingerprint density at radius 3 is 3.06 bits per heavy atom. The van der Waals surface area contributed by atoms with Crippen molar-refractivity contribution < 1.29 is 0 Å². The molecule has 0 amide bonds. The van der Waals surface area contributed by atoms with Crippen LogP contribution in [-0.2, 0) is 13.0 Å². The van der Waals surface area contributed by atoms with E-state index in [4.69, 9.17) is 0 Å². The summed E-state index contributed by atoms with van der Waals surface area (Å²) in [6.07, 6.45) is 2.56. The van der Waals surface area contributed by atoms with Crippen molar-refractivity contribution in [2.75, 3.05) is 6.54 Å². The maximum Gasteiger partial charge on any atom is 0.184 e. The summed E-state index contributed by atoms with van der Waals surface area (Å²) in [4.78, 5) is 12.6. The predicted molar refractivity (Wildman–Crippen MR) is 66.7 cm³/mol. The summed E-state index contributed by atoms with van der Waals surface area (Å²) >= 11 is 1.73. The fourth-order valence-corrected chi connectivity index (χ4v) is 3.15. The van der Waals surface area contributed by atoms with Gasteiger partial charge in [-0.3, -0.25) is 10.00 Å². The molecule has 0 aliphatic carbocycles. The van der Waals surface area contributed by atoms with Crippen molar-refractivity contribution in [3.05, 3.63) is 16.9 Å². The van der Waals surface area contributed by atoms with Crippen LogP contribution in [0.15, 0.2) is 6.33 Å². The molecule has 1 aliphatic rings. The minimum Gasteiger partial charge on any atom is -0.295 e. The molecule has 0 fully saturated rings. The molecule has 3 rings (SSSR count). The van der Waals surface area contributed by atoms with Crippen LogP contribution in [-0.4, -0.2) is 37.7 Å². The Morgan fingerprint density at radius 1 is 1.47 bits per heavy atom. The summed E-state index contributed by atoms with van der Waals surface area (Å²) < 4.78 is 0. The van der Waals surface area contributed by atoms with Gasteiger partial charge in [0, 0.05) is 30.4 Å². The van der Waals surface area contributed by atoms with Crippen LogP contribution in [0.2, 0.25) is 0 Å². The van der Waals surface area contributed by atoms with Gasteiger partial charge >= 0.3 is 0 Å². The highest BCUT2D eigenvalue weighted by Gasteiger charge is 2.23. The van der Waals surface area contributed by atoms with Crippen LogP contribution < -0.4 is 0 Å². The van der Waals surface area contributed by atoms with Crippen LogP contribution in [0.3, 0.4) is 0 Å². The van der Waals surface area contributed by atoms with Gasteiger partial charge in [-0.05, 0) is 13.8 Å². The van der Waals surface area contributed by atoms with Crippen molar-refractivity contribution in [2.45, 2.75) is 32.9 Å². The SMILES string of the molecule is CC(C)N1CCc2nc(-c3ncn[nH]3)sc2C1. The molecule has 0 saturated carbocycles. The summed E-state index contributed by atoms with van der Waals surface area (Å²) in [5, 5.41) is 7.69. The van der Waals surface area contributed by atoms with E-state index in [2.05, 4.69) is 38.9 Å². The van der Waals surface area contributed by atoms with Gasteiger partial charge in [0.2, 0.25) is 0 Å². The Balaban J connectivity index is 1.89. The summed E-state index contributed by atoms with van der Waals surface area (Å²) in [5.74, 6) is 0.778. The molecule has 2 aromatic rings. The number of hydrogen-bond acceptors (Lipinski definition) is 5. The van der Waals surface area contributed by atoms with Gasteiger partial charge < -0.3 is 0 Å².